The highest BCUT2D eigenvalue weighted by molar-refractivity contribution is 5.97. The Hall–Kier alpha value is -3.94. The lowest BCUT2D eigenvalue weighted by Crippen LogP contribution is -2.34. The van der Waals surface area contributed by atoms with Gasteiger partial charge in [0.1, 0.15) is 5.75 Å². The van der Waals surface area contributed by atoms with Crippen LogP contribution in [0.1, 0.15) is 52.5 Å². The summed E-state index contributed by atoms with van der Waals surface area (Å²) in [6, 6.07) is 25.2. The molecule has 2 aliphatic rings. The molecule has 1 unspecified atom stereocenters. The van der Waals surface area contributed by atoms with Crippen LogP contribution >= 0.6 is 0 Å². The van der Waals surface area contributed by atoms with E-state index in [1.807, 2.05) is 30.7 Å². The van der Waals surface area contributed by atoms with E-state index < -0.39 is 0 Å². The molecule has 1 aromatic heterocycles. The fourth-order valence-corrected chi connectivity index (χ4v) is 5.74. The second kappa shape index (κ2) is 12.5. The number of ether oxygens (including phenoxy) is 1. The van der Waals surface area contributed by atoms with Gasteiger partial charge in [-0.3, -0.25) is 4.79 Å². The predicted octanol–water partition coefficient (Wildman–Crippen LogP) is 5.04. The molecular weight excluding hydrogens is 498 g/mol. The van der Waals surface area contributed by atoms with E-state index in [9.17, 15) is 4.79 Å². The second-order valence-corrected chi connectivity index (χ2v) is 10.7. The number of carbonyl (C=O) groups excluding carboxylic acids is 1. The van der Waals surface area contributed by atoms with Crippen LogP contribution in [0.25, 0.3) is 11.1 Å². The lowest BCUT2D eigenvalue weighted by atomic mass is 9.97. The average molecular weight is 536 g/mol. The lowest BCUT2D eigenvalue weighted by Gasteiger charge is -2.28. The Labute approximate surface area is 236 Å². The molecule has 1 atom stereocenters. The Morgan fingerprint density at radius 1 is 0.950 bits per heavy atom. The van der Waals surface area contributed by atoms with Crippen LogP contribution in [0.15, 0.2) is 85.3 Å². The van der Waals surface area contributed by atoms with Crippen LogP contribution in [0.4, 0.5) is 0 Å². The monoisotopic (exact) mass is 535 g/mol. The Kier molecular flexibility index (Phi) is 8.21. The SMILES string of the molecule is O=C(NCCN1CCCC1)c1cccc2c1OCCC2NCc1cncn1Cc1ccc(-c2ccccc2)cc1. The van der Waals surface area contributed by atoms with Crippen molar-refractivity contribution in [2.24, 2.45) is 0 Å². The zero-order chi connectivity index (χ0) is 27.1. The molecule has 2 aliphatic heterocycles. The van der Waals surface area contributed by atoms with E-state index in [1.165, 1.54) is 29.5 Å². The molecule has 3 aromatic carbocycles. The number of fused-ring (bicyclic) bond motifs is 1. The van der Waals surface area contributed by atoms with Crippen molar-refractivity contribution in [3.05, 3.63) is 108 Å². The van der Waals surface area contributed by atoms with Gasteiger partial charge in [0.15, 0.2) is 0 Å². The number of para-hydroxylation sites is 1. The molecule has 7 nitrogen and oxygen atoms in total. The quantitative estimate of drug-likeness (QED) is 0.298. The Balaban J connectivity index is 1.08. The first-order valence-electron chi connectivity index (χ1n) is 14.4. The summed E-state index contributed by atoms with van der Waals surface area (Å²) >= 11 is 0. The van der Waals surface area contributed by atoms with Crippen molar-refractivity contribution in [3.8, 4) is 16.9 Å². The average Bonchev–Trinajstić information content (AvgIpc) is 3.69. The standard InChI is InChI=1S/C33H37N5O2/c39-33(35-16-19-37-17-4-5-18-37)30-10-6-9-29-31(15-20-40-32(29)30)36-22-28-21-34-24-38(28)23-25-11-13-27(14-12-25)26-7-2-1-3-8-26/h1-3,6-14,21,24,31,36H,4-5,15-20,22-23H2,(H,35,39). The summed E-state index contributed by atoms with van der Waals surface area (Å²) in [4.78, 5) is 19.9. The van der Waals surface area contributed by atoms with Crippen LogP contribution in [0.2, 0.25) is 0 Å². The first kappa shape index (κ1) is 26.3. The first-order chi connectivity index (χ1) is 19.7. The van der Waals surface area contributed by atoms with Crippen molar-refractivity contribution < 1.29 is 9.53 Å². The van der Waals surface area contributed by atoms with Gasteiger partial charge in [-0.05, 0) is 48.7 Å². The Morgan fingerprint density at radius 2 is 1.75 bits per heavy atom. The van der Waals surface area contributed by atoms with E-state index in [4.69, 9.17) is 4.74 Å². The highest BCUT2D eigenvalue weighted by atomic mass is 16.5. The molecule has 0 radical (unpaired) electrons. The van der Waals surface area contributed by atoms with Crippen LogP contribution in [0.3, 0.4) is 0 Å². The molecule has 1 amide bonds. The molecule has 0 bridgehead atoms. The number of nitrogens with one attached hydrogen (secondary N) is 2. The number of amides is 1. The third-order valence-electron chi connectivity index (χ3n) is 7.97. The summed E-state index contributed by atoms with van der Waals surface area (Å²) in [5, 5.41) is 6.80. The predicted molar refractivity (Wildman–Crippen MR) is 157 cm³/mol. The molecule has 6 rings (SSSR count). The summed E-state index contributed by atoms with van der Waals surface area (Å²) in [5.41, 5.74) is 6.46. The zero-order valence-corrected chi connectivity index (χ0v) is 22.9. The maximum absolute atomic E-state index is 13.0. The lowest BCUT2D eigenvalue weighted by molar-refractivity contribution is 0.0944. The molecule has 0 spiro atoms. The van der Waals surface area contributed by atoms with E-state index in [2.05, 4.69) is 79.7 Å². The van der Waals surface area contributed by atoms with E-state index >= 15 is 0 Å². The summed E-state index contributed by atoms with van der Waals surface area (Å²) in [6.07, 6.45) is 7.18. The van der Waals surface area contributed by atoms with E-state index in [0.29, 0.717) is 31.0 Å². The fourth-order valence-electron chi connectivity index (χ4n) is 5.74. The number of hydrogen-bond acceptors (Lipinski definition) is 5. The summed E-state index contributed by atoms with van der Waals surface area (Å²) in [7, 11) is 0. The molecule has 40 heavy (non-hydrogen) atoms. The molecule has 0 aliphatic carbocycles. The van der Waals surface area contributed by atoms with Crippen molar-refractivity contribution in [1.29, 1.82) is 0 Å². The number of aromatic nitrogens is 2. The minimum Gasteiger partial charge on any atom is -0.492 e. The molecule has 2 N–H and O–H groups in total. The van der Waals surface area contributed by atoms with Crippen molar-refractivity contribution >= 4 is 5.91 Å². The van der Waals surface area contributed by atoms with Crippen molar-refractivity contribution in [3.63, 3.8) is 0 Å². The maximum Gasteiger partial charge on any atom is 0.255 e. The highest BCUT2D eigenvalue weighted by Gasteiger charge is 2.26. The van der Waals surface area contributed by atoms with Gasteiger partial charge in [0.2, 0.25) is 0 Å². The van der Waals surface area contributed by atoms with Gasteiger partial charge in [-0.25, -0.2) is 4.98 Å². The molecular formula is C33H37N5O2. The molecule has 4 aromatic rings. The van der Waals surface area contributed by atoms with Gasteiger partial charge in [0, 0.05) is 50.4 Å². The van der Waals surface area contributed by atoms with Crippen LogP contribution in [-0.4, -0.2) is 53.1 Å². The third-order valence-corrected chi connectivity index (χ3v) is 7.97. The van der Waals surface area contributed by atoms with E-state index in [1.54, 1.807) is 0 Å². The Morgan fingerprint density at radius 3 is 2.58 bits per heavy atom. The molecule has 3 heterocycles. The van der Waals surface area contributed by atoms with Crippen molar-refractivity contribution in [1.82, 2.24) is 25.1 Å². The van der Waals surface area contributed by atoms with Crippen LogP contribution < -0.4 is 15.4 Å². The van der Waals surface area contributed by atoms with Gasteiger partial charge in [0.25, 0.3) is 5.91 Å². The number of nitrogens with zero attached hydrogens (tertiary/aromatic N) is 3. The van der Waals surface area contributed by atoms with E-state index in [0.717, 1.165) is 43.9 Å². The van der Waals surface area contributed by atoms with Gasteiger partial charge in [-0.1, -0.05) is 66.7 Å². The van der Waals surface area contributed by atoms with Crippen molar-refractivity contribution in [2.75, 3.05) is 32.8 Å². The van der Waals surface area contributed by atoms with Gasteiger partial charge in [-0.15, -0.1) is 0 Å². The number of imidazole rings is 1. The number of likely N-dealkylation sites (tertiary alicyclic amines) is 1. The Bertz CT molecular complexity index is 1410. The summed E-state index contributed by atoms with van der Waals surface area (Å²) in [6.45, 7) is 5.84. The third kappa shape index (κ3) is 6.11. The number of hydrogen-bond donors (Lipinski definition) is 2. The topological polar surface area (TPSA) is 71.4 Å². The fraction of sp³-hybridized carbons (Fsp3) is 0.333. The molecule has 7 heteroatoms. The second-order valence-electron chi connectivity index (χ2n) is 10.7. The van der Waals surface area contributed by atoms with Crippen LogP contribution in [0.5, 0.6) is 5.75 Å². The first-order valence-corrected chi connectivity index (χ1v) is 14.4. The summed E-state index contributed by atoms with van der Waals surface area (Å²) in [5.74, 6) is 0.644. The smallest absolute Gasteiger partial charge is 0.255 e. The van der Waals surface area contributed by atoms with Gasteiger partial charge in [0.05, 0.1) is 24.2 Å². The van der Waals surface area contributed by atoms with E-state index in [-0.39, 0.29) is 11.9 Å². The largest absolute Gasteiger partial charge is 0.492 e. The van der Waals surface area contributed by atoms with Gasteiger partial charge < -0.3 is 24.8 Å². The number of benzene rings is 3. The van der Waals surface area contributed by atoms with Crippen molar-refractivity contribution in [2.45, 2.75) is 38.4 Å². The molecule has 206 valence electrons. The molecule has 1 saturated heterocycles. The zero-order valence-electron chi connectivity index (χ0n) is 22.9. The maximum atomic E-state index is 13.0. The highest BCUT2D eigenvalue weighted by Crippen LogP contribution is 2.35. The van der Waals surface area contributed by atoms with Gasteiger partial charge in [-0.2, -0.15) is 0 Å². The van der Waals surface area contributed by atoms with Crippen LogP contribution in [0, 0.1) is 0 Å². The minimum absolute atomic E-state index is 0.0620. The number of carbonyl (C=O) groups is 1. The summed E-state index contributed by atoms with van der Waals surface area (Å²) < 4.78 is 8.23. The van der Waals surface area contributed by atoms with Gasteiger partial charge >= 0.3 is 0 Å². The molecule has 1 fully saturated rings. The molecule has 0 saturated carbocycles. The number of rotatable bonds is 10. The minimum atomic E-state index is -0.0620. The normalized spacial score (nSPS) is 16.9. The van der Waals surface area contributed by atoms with Crippen LogP contribution in [-0.2, 0) is 13.1 Å².